The Morgan fingerprint density at radius 1 is 0.814 bits per heavy atom. The Hall–Kier alpha value is -6.38. The second-order valence-electron chi connectivity index (χ2n) is 15.1. The average Bonchev–Trinajstić information content (AvgIpc) is 3.77. The van der Waals surface area contributed by atoms with Crippen LogP contribution in [0.2, 0.25) is 0 Å². The van der Waals surface area contributed by atoms with Crippen molar-refractivity contribution in [1.29, 1.82) is 0 Å². The number of likely N-dealkylation sites (tertiary alicyclic amines) is 1. The molecule has 59 heavy (non-hydrogen) atoms. The van der Waals surface area contributed by atoms with Crippen LogP contribution in [0.15, 0.2) is 108 Å². The number of para-hydroxylation sites is 1. The summed E-state index contributed by atoms with van der Waals surface area (Å²) in [6.45, 7) is 2.78. The Morgan fingerprint density at radius 2 is 1.58 bits per heavy atom. The molecule has 0 spiro atoms. The fraction of sp³-hybridized carbons (Fsp3) is 0.267. The van der Waals surface area contributed by atoms with Crippen LogP contribution < -0.4 is 15.8 Å². The summed E-state index contributed by atoms with van der Waals surface area (Å²) in [6.07, 6.45) is 5.45. The Balaban J connectivity index is 0.805. The third-order valence-corrected chi connectivity index (χ3v) is 12.3. The minimum absolute atomic E-state index is 0.0873. The van der Waals surface area contributed by atoms with Gasteiger partial charge < -0.3 is 15.4 Å². The monoisotopic (exact) mass is 806 g/mol. The number of hydrogen-bond donors (Lipinski definition) is 2. The number of fused-ring (bicyclic) bond motifs is 2. The Morgan fingerprint density at radius 3 is 2.36 bits per heavy atom. The quantitative estimate of drug-likeness (QED) is 0.103. The van der Waals surface area contributed by atoms with Gasteiger partial charge in [0.05, 0.1) is 22.6 Å². The van der Waals surface area contributed by atoms with Crippen LogP contribution in [0.3, 0.4) is 0 Å². The van der Waals surface area contributed by atoms with E-state index in [9.17, 15) is 19.2 Å². The lowest BCUT2D eigenvalue weighted by Gasteiger charge is -2.33. The number of amides is 4. The van der Waals surface area contributed by atoms with E-state index < -0.39 is 29.7 Å². The maximum atomic E-state index is 13.5. The van der Waals surface area contributed by atoms with E-state index in [2.05, 4.69) is 44.5 Å². The number of hydrogen-bond acceptors (Lipinski definition) is 11. The van der Waals surface area contributed by atoms with Crippen LogP contribution in [0, 0.1) is 0 Å². The number of carbonyl (C=O) groups excluding carboxylic acids is 4. The Bertz CT molecular complexity index is 2560. The number of nitrogens with zero attached hydrogens (tertiary/aromatic N) is 6. The van der Waals surface area contributed by atoms with Gasteiger partial charge in [-0.25, -0.2) is 14.6 Å². The summed E-state index contributed by atoms with van der Waals surface area (Å²) in [5, 5.41) is 8.13. The highest BCUT2D eigenvalue weighted by Gasteiger charge is 2.45. The molecule has 4 aromatic carbocycles. The van der Waals surface area contributed by atoms with Crippen molar-refractivity contribution < 1.29 is 23.9 Å². The zero-order chi connectivity index (χ0) is 40.5. The summed E-state index contributed by atoms with van der Waals surface area (Å²) < 4.78 is 8.05. The number of aryl methyl sites for hydroxylation is 1. The van der Waals surface area contributed by atoms with Crippen molar-refractivity contribution in [3.8, 4) is 22.8 Å². The van der Waals surface area contributed by atoms with Gasteiger partial charge in [0.25, 0.3) is 11.8 Å². The normalized spacial score (nSPS) is 18.3. The predicted molar refractivity (Wildman–Crippen MR) is 224 cm³/mol. The summed E-state index contributed by atoms with van der Waals surface area (Å²) in [6, 6.07) is 30.6. The minimum atomic E-state index is -0.982. The summed E-state index contributed by atoms with van der Waals surface area (Å²) >= 11 is 1.52. The van der Waals surface area contributed by atoms with Gasteiger partial charge in [-0.2, -0.15) is 5.10 Å². The number of thioether (sulfide) groups is 1. The Kier molecular flexibility index (Phi) is 10.7. The van der Waals surface area contributed by atoms with E-state index in [1.165, 1.54) is 29.2 Å². The molecule has 0 radical (unpaired) electrons. The van der Waals surface area contributed by atoms with Gasteiger partial charge in [0, 0.05) is 35.7 Å². The molecule has 0 saturated carbocycles. The molecule has 4 amide bonds. The topological polar surface area (TPSA) is 166 Å². The molecule has 13 nitrogen and oxygen atoms in total. The summed E-state index contributed by atoms with van der Waals surface area (Å²) in [5.74, 6) is 0.642. The number of imide groups is 2. The third-order valence-electron chi connectivity index (χ3n) is 11.3. The molecule has 3 N–H and O–H groups in total. The molecule has 14 heteroatoms. The second kappa shape index (κ2) is 16.5. The highest BCUT2D eigenvalue weighted by molar-refractivity contribution is 7.99. The number of aromatic nitrogens is 4. The summed E-state index contributed by atoms with van der Waals surface area (Å²) in [7, 11) is 0. The molecule has 3 aliphatic heterocycles. The lowest BCUT2D eigenvalue weighted by Crippen LogP contribution is -2.54. The van der Waals surface area contributed by atoms with Gasteiger partial charge >= 0.3 is 0 Å². The van der Waals surface area contributed by atoms with Crippen molar-refractivity contribution in [3.05, 3.63) is 126 Å². The van der Waals surface area contributed by atoms with E-state index in [1.807, 2.05) is 65.3 Å². The second-order valence-corrected chi connectivity index (χ2v) is 16.2. The number of anilines is 1. The standard InChI is InChI=1S/C45H42N8O5S/c46-41-39-40(30-15-17-33(18-16-30)58-32-7-2-1-3-8-32)50-53(42(39)48-27-47-41)31-6-5-23-51(26-31)24-21-28-11-13-29(14-12-28)22-25-59-36-10-4-9-34-38(36)45(57)52(44(34)56)35-19-20-37(54)49-43(35)55/h1-4,7-18,27,31,35H,5-6,19-26H2,(H2,46,47,48)(H,49,54,55). The molecular weight excluding hydrogens is 765 g/mol. The largest absolute Gasteiger partial charge is 0.457 e. The van der Waals surface area contributed by atoms with E-state index >= 15 is 0 Å². The van der Waals surface area contributed by atoms with E-state index in [-0.39, 0.29) is 18.9 Å². The Labute approximate surface area is 345 Å². The number of piperidine rings is 2. The van der Waals surface area contributed by atoms with Gasteiger partial charge in [-0.15, -0.1) is 11.8 Å². The molecule has 5 heterocycles. The third kappa shape index (κ3) is 7.80. The van der Waals surface area contributed by atoms with E-state index in [4.69, 9.17) is 15.6 Å². The molecule has 6 aromatic rings. The molecule has 9 rings (SSSR count). The summed E-state index contributed by atoms with van der Waals surface area (Å²) in [4.78, 5) is 64.0. The maximum Gasteiger partial charge on any atom is 0.263 e. The molecule has 0 aliphatic carbocycles. The zero-order valence-corrected chi connectivity index (χ0v) is 33.1. The van der Waals surface area contributed by atoms with Crippen molar-refractivity contribution in [3.63, 3.8) is 0 Å². The van der Waals surface area contributed by atoms with Crippen LogP contribution in [0.4, 0.5) is 5.82 Å². The van der Waals surface area contributed by atoms with Crippen LogP contribution in [-0.2, 0) is 22.4 Å². The molecule has 2 saturated heterocycles. The first kappa shape index (κ1) is 38.2. The average molecular weight is 807 g/mol. The van der Waals surface area contributed by atoms with Crippen LogP contribution in [0.1, 0.15) is 63.6 Å². The number of nitrogens with one attached hydrogen (secondary N) is 1. The number of rotatable bonds is 12. The number of nitrogen functional groups attached to an aromatic ring is 1. The van der Waals surface area contributed by atoms with Crippen LogP contribution in [0.25, 0.3) is 22.3 Å². The number of nitrogens with two attached hydrogens (primary N) is 1. The van der Waals surface area contributed by atoms with E-state index in [0.717, 1.165) is 84.0 Å². The predicted octanol–water partition coefficient (Wildman–Crippen LogP) is 6.48. The van der Waals surface area contributed by atoms with E-state index in [0.29, 0.717) is 27.6 Å². The van der Waals surface area contributed by atoms with Crippen molar-refractivity contribution >= 4 is 52.2 Å². The van der Waals surface area contributed by atoms with Gasteiger partial charge in [0.1, 0.15) is 35.4 Å². The molecule has 2 unspecified atom stereocenters. The summed E-state index contributed by atoms with van der Waals surface area (Å²) in [5.41, 5.74) is 11.9. The molecule has 0 bridgehead atoms. The van der Waals surface area contributed by atoms with Crippen molar-refractivity contribution in [2.24, 2.45) is 0 Å². The first-order chi connectivity index (χ1) is 28.8. The molecular formula is C45H42N8O5S. The fourth-order valence-electron chi connectivity index (χ4n) is 8.23. The van der Waals surface area contributed by atoms with Crippen molar-refractivity contribution in [2.75, 3.05) is 31.1 Å². The first-order valence-electron chi connectivity index (χ1n) is 19.9. The van der Waals surface area contributed by atoms with Crippen molar-refractivity contribution in [1.82, 2.24) is 34.9 Å². The molecule has 2 atom stereocenters. The number of benzene rings is 4. The smallest absolute Gasteiger partial charge is 0.263 e. The van der Waals surface area contributed by atoms with Crippen LogP contribution in [-0.4, -0.2) is 84.6 Å². The molecule has 298 valence electrons. The lowest BCUT2D eigenvalue weighted by atomic mass is 10.0. The SMILES string of the molecule is Nc1ncnc2c1c(-c1ccc(Oc3ccccc3)cc1)nn2C1CCCN(CCc2ccc(CCSc3cccc4c3C(=O)N(C3CCC(=O)NC3=O)C4=O)cc2)C1. The van der Waals surface area contributed by atoms with Gasteiger partial charge in [-0.05, 0) is 98.3 Å². The van der Waals surface area contributed by atoms with Gasteiger partial charge in [0.15, 0.2) is 5.65 Å². The fourth-order valence-corrected chi connectivity index (χ4v) is 9.31. The maximum absolute atomic E-state index is 13.5. The highest BCUT2D eigenvalue weighted by atomic mass is 32.2. The highest BCUT2D eigenvalue weighted by Crippen LogP contribution is 2.36. The van der Waals surface area contributed by atoms with E-state index in [1.54, 1.807) is 12.1 Å². The minimum Gasteiger partial charge on any atom is -0.457 e. The molecule has 2 fully saturated rings. The van der Waals surface area contributed by atoms with Crippen molar-refractivity contribution in [2.45, 2.75) is 55.5 Å². The van der Waals surface area contributed by atoms with Gasteiger partial charge in [-0.1, -0.05) is 48.5 Å². The number of carbonyl (C=O) groups is 4. The lowest BCUT2D eigenvalue weighted by molar-refractivity contribution is -0.136. The van der Waals surface area contributed by atoms with Crippen LogP contribution in [0.5, 0.6) is 11.5 Å². The zero-order valence-electron chi connectivity index (χ0n) is 32.3. The number of ether oxygens (including phenoxy) is 1. The molecule has 2 aromatic heterocycles. The van der Waals surface area contributed by atoms with Gasteiger partial charge in [-0.3, -0.25) is 29.4 Å². The molecule has 3 aliphatic rings. The van der Waals surface area contributed by atoms with Gasteiger partial charge in [0.2, 0.25) is 11.8 Å². The van der Waals surface area contributed by atoms with Crippen LogP contribution >= 0.6 is 11.8 Å². The first-order valence-corrected chi connectivity index (χ1v) is 20.9.